The minimum absolute atomic E-state index is 0.0212. The van der Waals surface area contributed by atoms with E-state index in [2.05, 4.69) is 32.5 Å². The lowest BCUT2D eigenvalue weighted by atomic mass is 10.00. The summed E-state index contributed by atoms with van der Waals surface area (Å²) in [5, 5.41) is 14.2. The van der Waals surface area contributed by atoms with Crippen molar-refractivity contribution in [2.45, 2.75) is 51.3 Å². The van der Waals surface area contributed by atoms with Crippen molar-refractivity contribution in [2.75, 3.05) is 7.11 Å². The number of nitrogens with one attached hydrogen (secondary N) is 1. The van der Waals surface area contributed by atoms with Gasteiger partial charge in [-0.15, -0.1) is 10.2 Å². The number of aryl methyl sites for hydroxylation is 1. The van der Waals surface area contributed by atoms with E-state index in [1.165, 1.54) is 0 Å². The van der Waals surface area contributed by atoms with Crippen LogP contribution < -0.4 is 5.69 Å². The van der Waals surface area contributed by atoms with Gasteiger partial charge in [0, 0.05) is 37.0 Å². The number of methoxy groups -OCH3 is 1. The van der Waals surface area contributed by atoms with Crippen LogP contribution in [0, 0.1) is 0 Å². The first-order valence-corrected chi connectivity index (χ1v) is 11.3. The number of tetrazole rings is 1. The molecule has 3 aromatic heterocycles. The molecule has 0 spiro atoms. The lowest BCUT2D eigenvalue weighted by Crippen LogP contribution is -2.26. The largest absolute Gasteiger partial charge is 0.379 e. The smallest absolute Gasteiger partial charge is 0.329 e. The van der Waals surface area contributed by atoms with Gasteiger partial charge in [0.25, 0.3) is 0 Å². The molecule has 33 heavy (non-hydrogen) atoms. The number of ether oxygens (including phenoxy) is 1. The van der Waals surface area contributed by atoms with E-state index in [-0.39, 0.29) is 17.8 Å². The molecule has 4 aromatic rings. The van der Waals surface area contributed by atoms with Gasteiger partial charge in [-0.3, -0.25) is 14.1 Å². The van der Waals surface area contributed by atoms with E-state index < -0.39 is 0 Å². The van der Waals surface area contributed by atoms with Gasteiger partial charge < -0.3 is 4.74 Å². The molecular formula is C24H27N7O2. The molecule has 0 radical (unpaired) electrons. The molecule has 9 heteroatoms. The molecule has 1 saturated carbocycles. The number of rotatable bonds is 9. The van der Waals surface area contributed by atoms with Crippen LogP contribution >= 0.6 is 0 Å². The molecule has 170 valence electrons. The Morgan fingerprint density at radius 1 is 1.18 bits per heavy atom. The first-order chi connectivity index (χ1) is 16.2. The molecule has 1 N–H and O–H groups in total. The molecule has 0 bridgehead atoms. The van der Waals surface area contributed by atoms with Crippen molar-refractivity contribution in [3.05, 3.63) is 70.7 Å². The summed E-state index contributed by atoms with van der Waals surface area (Å²) in [6.07, 6.45) is 9.67. The highest BCUT2D eigenvalue weighted by molar-refractivity contribution is 5.69. The van der Waals surface area contributed by atoms with Crippen molar-refractivity contribution in [3.8, 4) is 22.5 Å². The summed E-state index contributed by atoms with van der Waals surface area (Å²) in [6.45, 7) is 2.64. The quantitative estimate of drug-likeness (QED) is 0.424. The van der Waals surface area contributed by atoms with E-state index in [9.17, 15) is 4.79 Å². The maximum absolute atomic E-state index is 13.4. The minimum atomic E-state index is 0.0212. The van der Waals surface area contributed by atoms with Crippen LogP contribution in [0.4, 0.5) is 0 Å². The maximum Gasteiger partial charge on any atom is 0.329 e. The Hall–Kier alpha value is -3.59. The molecule has 9 nitrogen and oxygen atoms in total. The van der Waals surface area contributed by atoms with Crippen LogP contribution in [0.2, 0.25) is 0 Å². The zero-order valence-corrected chi connectivity index (χ0v) is 18.8. The third-order valence-corrected chi connectivity index (χ3v) is 6.26. The van der Waals surface area contributed by atoms with Crippen molar-refractivity contribution in [3.63, 3.8) is 0 Å². The monoisotopic (exact) mass is 445 g/mol. The van der Waals surface area contributed by atoms with Crippen LogP contribution in [-0.4, -0.2) is 48.0 Å². The Morgan fingerprint density at radius 2 is 2.00 bits per heavy atom. The first-order valence-electron chi connectivity index (χ1n) is 11.3. The predicted molar refractivity (Wildman–Crippen MR) is 124 cm³/mol. The van der Waals surface area contributed by atoms with Crippen LogP contribution in [0.1, 0.15) is 43.5 Å². The van der Waals surface area contributed by atoms with Crippen LogP contribution in [0.25, 0.3) is 22.5 Å². The van der Waals surface area contributed by atoms with Crippen LogP contribution in [-0.2, 0) is 17.7 Å². The molecule has 2 atom stereocenters. The molecule has 1 aliphatic carbocycles. The third kappa shape index (κ3) is 4.23. The second kappa shape index (κ2) is 9.11. The molecule has 0 saturated heterocycles. The molecular weight excluding hydrogens is 418 g/mol. The van der Waals surface area contributed by atoms with E-state index in [1.54, 1.807) is 13.3 Å². The van der Waals surface area contributed by atoms with Crippen molar-refractivity contribution < 1.29 is 4.74 Å². The number of benzene rings is 1. The number of H-pyrrole nitrogens is 1. The Morgan fingerprint density at radius 3 is 2.70 bits per heavy atom. The number of aromatic nitrogens is 7. The second-order valence-electron chi connectivity index (χ2n) is 8.42. The molecule has 3 heterocycles. The SMILES string of the molecule is CCCCc1cn(C2CC2OC)c(=O)n1Cc1cnccc1-c1ccc(-c2nn[nH]n2)cc1. The van der Waals surface area contributed by atoms with Crippen molar-refractivity contribution in [2.24, 2.45) is 0 Å². The van der Waals surface area contributed by atoms with Gasteiger partial charge in [0.05, 0.1) is 18.7 Å². The summed E-state index contributed by atoms with van der Waals surface area (Å²) < 4.78 is 9.21. The summed E-state index contributed by atoms with van der Waals surface area (Å²) in [4.78, 5) is 17.7. The van der Waals surface area contributed by atoms with Gasteiger partial charge in [0.15, 0.2) is 0 Å². The van der Waals surface area contributed by atoms with Crippen molar-refractivity contribution >= 4 is 0 Å². The highest BCUT2D eigenvalue weighted by Crippen LogP contribution is 2.37. The van der Waals surface area contributed by atoms with Crippen molar-refractivity contribution in [1.29, 1.82) is 0 Å². The minimum Gasteiger partial charge on any atom is -0.379 e. The maximum atomic E-state index is 13.4. The zero-order valence-electron chi connectivity index (χ0n) is 18.8. The average molecular weight is 446 g/mol. The lowest BCUT2D eigenvalue weighted by Gasteiger charge is -2.12. The van der Waals surface area contributed by atoms with Crippen molar-refractivity contribution in [1.82, 2.24) is 34.7 Å². The number of hydrogen-bond donors (Lipinski definition) is 1. The van der Waals surface area contributed by atoms with Crippen LogP contribution in [0.15, 0.2) is 53.7 Å². The number of nitrogens with zero attached hydrogens (tertiary/aromatic N) is 6. The van der Waals surface area contributed by atoms with E-state index in [0.29, 0.717) is 12.4 Å². The Bertz CT molecular complexity index is 1280. The first kappa shape index (κ1) is 21.3. The van der Waals surface area contributed by atoms with Crippen LogP contribution in [0.5, 0.6) is 0 Å². The number of aromatic amines is 1. The summed E-state index contributed by atoms with van der Waals surface area (Å²) in [5.41, 5.74) is 5.06. The summed E-state index contributed by atoms with van der Waals surface area (Å²) >= 11 is 0. The average Bonchev–Trinajstić information content (AvgIpc) is 3.29. The zero-order chi connectivity index (χ0) is 22.8. The van der Waals surface area contributed by atoms with Gasteiger partial charge in [0.1, 0.15) is 0 Å². The molecule has 0 aliphatic heterocycles. The second-order valence-corrected chi connectivity index (χ2v) is 8.42. The highest BCUT2D eigenvalue weighted by Gasteiger charge is 2.40. The third-order valence-electron chi connectivity index (χ3n) is 6.26. The lowest BCUT2D eigenvalue weighted by molar-refractivity contribution is 0.169. The Balaban J connectivity index is 1.47. The van der Waals surface area contributed by atoms with Crippen LogP contribution in [0.3, 0.4) is 0 Å². The predicted octanol–water partition coefficient (Wildman–Crippen LogP) is 3.24. The van der Waals surface area contributed by atoms with E-state index in [4.69, 9.17) is 4.74 Å². The highest BCUT2D eigenvalue weighted by atomic mass is 16.5. The molecule has 0 amide bonds. The number of pyridine rings is 1. The molecule has 1 aromatic carbocycles. The van der Waals surface area contributed by atoms with E-state index >= 15 is 0 Å². The van der Waals surface area contributed by atoms with Gasteiger partial charge in [-0.25, -0.2) is 4.79 Å². The number of imidazole rings is 1. The standard InChI is InChI=1S/C24H27N7O2/c1-3-4-5-19-15-31(21-12-22(21)33-2)24(32)30(19)14-18-13-25-11-10-20(18)16-6-8-17(9-7-16)23-26-28-29-27-23/h6-11,13,15,21-22H,3-5,12,14H2,1-2H3,(H,26,27,28,29). The molecule has 1 aliphatic rings. The number of unbranched alkanes of at least 4 members (excludes halogenated alkanes) is 1. The summed E-state index contributed by atoms with van der Waals surface area (Å²) in [6, 6.07) is 10.1. The normalized spacial score (nSPS) is 17.4. The summed E-state index contributed by atoms with van der Waals surface area (Å²) in [5.74, 6) is 0.555. The summed E-state index contributed by atoms with van der Waals surface area (Å²) in [7, 11) is 1.70. The molecule has 1 fully saturated rings. The van der Waals surface area contributed by atoms with Gasteiger partial charge in [-0.2, -0.15) is 5.21 Å². The van der Waals surface area contributed by atoms with Gasteiger partial charge >= 0.3 is 5.69 Å². The van der Waals surface area contributed by atoms with Gasteiger partial charge in [-0.1, -0.05) is 37.6 Å². The Labute approximate surface area is 191 Å². The number of hydrogen-bond acceptors (Lipinski definition) is 6. The topological polar surface area (TPSA) is 104 Å². The fourth-order valence-electron chi connectivity index (χ4n) is 4.31. The fourth-order valence-corrected chi connectivity index (χ4v) is 4.31. The molecule has 5 rings (SSSR count). The Kier molecular flexibility index (Phi) is 5.87. The van der Waals surface area contributed by atoms with Gasteiger partial charge in [0.2, 0.25) is 5.82 Å². The van der Waals surface area contributed by atoms with E-state index in [1.807, 2.05) is 51.9 Å². The fraction of sp³-hybridized carbons (Fsp3) is 0.375. The van der Waals surface area contributed by atoms with E-state index in [0.717, 1.165) is 53.6 Å². The molecule has 2 unspecified atom stereocenters. The van der Waals surface area contributed by atoms with Gasteiger partial charge in [-0.05, 0) is 47.2 Å².